The highest BCUT2D eigenvalue weighted by Gasteiger charge is 2.31. The summed E-state index contributed by atoms with van der Waals surface area (Å²) in [6.45, 7) is 5.93. The molecule has 0 N–H and O–H groups in total. The maximum Gasteiger partial charge on any atom is 0.348 e. The predicted octanol–water partition coefficient (Wildman–Crippen LogP) is 2.22. The SMILES string of the molecule is CC1CCN(C(=O)Cn2c(=O)ncc3cc(S(=O)(=O)N4CCCC[C@H]4C)ccc32)CC1. The summed E-state index contributed by atoms with van der Waals surface area (Å²) in [6.07, 6.45) is 6.06. The normalized spacial score (nSPS) is 21.5. The number of sulfonamides is 1. The second kappa shape index (κ2) is 8.70. The molecule has 1 atom stereocenters. The fraction of sp³-hybridized carbons (Fsp3) is 0.591. The molecule has 1 aromatic heterocycles. The summed E-state index contributed by atoms with van der Waals surface area (Å²) < 4.78 is 29.3. The van der Waals surface area contributed by atoms with E-state index < -0.39 is 15.7 Å². The summed E-state index contributed by atoms with van der Waals surface area (Å²) >= 11 is 0. The van der Waals surface area contributed by atoms with Gasteiger partial charge in [0.1, 0.15) is 6.54 Å². The van der Waals surface area contributed by atoms with Crippen molar-refractivity contribution in [2.75, 3.05) is 19.6 Å². The Hall–Kier alpha value is -2.26. The number of carbonyl (C=O) groups is 1. The number of aromatic nitrogens is 2. The van der Waals surface area contributed by atoms with Crippen molar-refractivity contribution >= 4 is 26.8 Å². The number of rotatable bonds is 4. The van der Waals surface area contributed by atoms with Gasteiger partial charge >= 0.3 is 5.69 Å². The molecule has 31 heavy (non-hydrogen) atoms. The van der Waals surface area contributed by atoms with Crippen molar-refractivity contribution < 1.29 is 13.2 Å². The molecular weight excluding hydrogens is 416 g/mol. The van der Waals surface area contributed by atoms with Crippen molar-refractivity contribution in [2.24, 2.45) is 5.92 Å². The van der Waals surface area contributed by atoms with Gasteiger partial charge in [-0.05, 0) is 56.7 Å². The first kappa shape index (κ1) is 22.0. The number of hydrogen-bond acceptors (Lipinski definition) is 5. The summed E-state index contributed by atoms with van der Waals surface area (Å²) in [5.41, 5.74) is 0.0101. The zero-order valence-corrected chi connectivity index (χ0v) is 19.0. The molecule has 0 saturated carbocycles. The van der Waals surface area contributed by atoms with Crippen LogP contribution in [0.1, 0.15) is 46.0 Å². The Balaban J connectivity index is 1.64. The summed E-state index contributed by atoms with van der Waals surface area (Å²) in [5, 5.41) is 0.533. The van der Waals surface area contributed by atoms with E-state index in [1.165, 1.54) is 16.8 Å². The van der Waals surface area contributed by atoms with E-state index in [0.29, 0.717) is 36.5 Å². The van der Waals surface area contributed by atoms with E-state index >= 15 is 0 Å². The van der Waals surface area contributed by atoms with Crippen LogP contribution in [0.3, 0.4) is 0 Å². The first-order valence-corrected chi connectivity index (χ1v) is 12.5. The third-order valence-electron chi connectivity index (χ3n) is 6.61. The molecule has 0 unspecified atom stereocenters. The third-order valence-corrected chi connectivity index (χ3v) is 8.62. The van der Waals surface area contributed by atoms with Crippen LogP contribution < -0.4 is 5.69 Å². The Bertz CT molecular complexity index is 1140. The van der Waals surface area contributed by atoms with Crippen LogP contribution in [-0.2, 0) is 21.4 Å². The number of hydrogen-bond donors (Lipinski definition) is 0. The van der Waals surface area contributed by atoms with Crippen molar-refractivity contribution in [3.05, 3.63) is 34.9 Å². The highest BCUT2D eigenvalue weighted by atomic mass is 32.2. The molecular formula is C22H30N4O4S. The Morgan fingerprint density at radius 3 is 2.55 bits per heavy atom. The maximum atomic E-state index is 13.2. The zero-order chi connectivity index (χ0) is 22.2. The van der Waals surface area contributed by atoms with Gasteiger partial charge in [-0.1, -0.05) is 13.3 Å². The molecule has 2 saturated heterocycles. The van der Waals surface area contributed by atoms with E-state index in [4.69, 9.17) is 0 Å². The number of benzene rings is 1. The van der Waals surface area contributed by atoms with Gasteiger partial charge in [0, 0.05) is 37.3 Å². The summed E-state index contributed by atoms with van der Waals surface area (Å²) in [4.78, 5) is 31.1. The highest BCUT2D eigenvalue weighted by Crippen LogP contribution is 2.27. The third kappa shape index (κ3) is 4.39. The number of fused-ring (bicyclic) bond motifs is 1. The van der Waals surface area contributed by atoms with Gasteiger partial charge in [0.05, 0.1) is 10.4 Å². The fourth-order valence-corrected chi connectivity index (χ4v) is 6.29. The smallest absolute Gasteiger partial charge is 0.341 e. The molecule has 0 radical (unpaired) electrons. The molecule has 0 bridgehead atoms. The van der Waals surface area contributed by atoms with Gasteiger partial charge in [-0.3, -0.25) is 9.36 Å². The van der Waals surface area contributed by atoms with E-state index in [1.54, 1.807) is 21.3 Å². The first-order valence-electron chi connectivity index (χ1n) is 11.1. The first-order chi connectivity index (χ1) is 14.8. The fourth-order valence-electron chi connectivity index (χ4n) is 4.55. The van der Waals surface area contributed by atoms with Gasteiger partial charge in [-0.25, -0.2) is 18.2 Å². The van der Waals surface area contributed by atoms with E-state index in [1.807, 2.05) is 6.92 Å². The lowest BCUT2D eigenvalue weighted by Crippen LogP contribution is -2.42. The van der Waals surface area contributed by atoms with Crippen molar-refractivity contribution in [3.8, 4) is 0 Å². The molecule has 168 valence electrons. The second-order valence-electron chi connectivity index (χ2n) is 8.87. The van der Waals surface area contributed by atoms with Crippen LogP contribution >= 0.6 is 0 Å². The lowest BCUT2D eigenvalue weighted by atomic mass is 9.99. The van der Waals surface area contributed by atoms with Gasteiger partial charge in [-0.15, -0.1) is 0 Å². The predicted molar refractivity (Wildman–Crippen MR) is 118 cm³/mol. The average molecular weight is 447 g/mol. The van der Waals surface area contributed by atoms with Crippen LogP contribution in [0.4, 0.5) is 0 Å². The molecule has 9 heteroatoms. The number of amides is 1. The largest absolute Gasteiger partial charge is 0.348 e. The van der Waals surface area contributed by atoms with Crippen LogP contribution in [-0.4, -0.2) is 58.8 Å². The van der Waals surface area contributed by atoms with Crippen LogP contribution in [0.25, 0.3) is 10.9 Å². The highest BCUT2D eigenvalue weighted by molar-refractivity contribution is 7.89. The van der Waals surface area contributed by atoms with E-state index in [2.05, 4.69) is 11.9 Å². The van der Waals surface area contributed by atoms with Crippen LogP contribution in [0.5, 0.6) is 0 Å². The number of nitrogens with zero attached hydrogens (tertiary/aromatic N) is 4. The minimum Gasteiger partial charge on any atom is -0.341 e. The second-order valence-corrected chi connectivity index (χ2v) is 10.8. The van der Waals surface area contributed by atoms with Crippen molar-refractivity contribution in [1.82, 2.24) is 18.8 Å². The molecule has 2 aliphatic rings. The van der Waals surface area contributed by atoms with Crippen molar-refractivity contribution in [1.29, 1.82) is 0 Å². The van der Waals surface area contributed by atoms with E-state index in [9.17, 15) is 18.0 Å². The zero-order valence-electron chi connectivity index (χ0n) is 18.2. The molecule has 2 aliphatic heterocycles. The lowest BCUT2D eigenvalue weighted by Gasteiger charge is -2.32. The average Bonchev–Trinajstić information content (AvgIpc) is 2.76. The number of likely N-dealkylation sites (tertiary alicyclic amines) is 1. The standard InChI is InChI=1S/C22H30N4O4S/c1-16-8-11-24(12-9-16)21(27)15-25-20-7-6-19(13-18(20)14-23-22(25)28)31(29,30)26-10-4-3-5-17(26)2/h6-7,13-14,16-17H,3-5,8-12,15H2,1-2H3/t17-/m1/s1. The molecule has 0 spiro atoms. The molecule has 3 heterocycles. The van der Waals surface area contributed by atoms with E-state index in [-0.39, 0.29) is 23.4 Å². The van der Waals surface area contributed by atoms with Gasteiger partial charge in [0.25, 0.3) is 0 Å². The molecule has 1 amide bonds. The van der Waals surface area contributed by atoms with Crippen LogP contribution in [0.2, 0.25) is 0 Å². The molecule has 4 rings (SSSR count). The topological polar surface area (TPSA) is 92.6 Å². The van der Waals surface area contributed by atoms with Gasteiger partial charge in [0.15, 0.2) is 0 Å². The molecule has 2 aromatic rings. The van der Waals surface area contributed by atoms with Crippen LogP contribution in [0.15, 0.2) is 34.1 Å². The monoisotopic (exact) mass is 446 g/mol. The number of carbonyl (C=O) groups excluding carboxylic acids is 1. The number of piperidine rings is 2. The molecule has 2 fully saturated rings. The quantitative estimate of drug-likeness (QED) is 0.718. The Kier molecular flexibility index (Phi) is 6.16. The molecule has 0 aliphatic carbocycles. The summed E-state index contributed by atoms with van der Waals surface area (Å²) in [6, 6.07) is 4.67. The maximum absolute atomic E-state index is 13.2. The van der Waals surface area contributed by atoms with E-state index in [0.717, 1.165) is 32.1 Å². The Morgan fingerprint density at radius 2 is 1.84 bits per heavy atom. The summed E-state index contributed by atoms with van der Waals surface area (Å²) in [7, 11) is -3.63. The lowest BCUT2D eigenvalue weighted by molar-refractivity contribution is -0.133. The van der Waals surface area contributed by atoms with Crippen molar-refractivity contribution in [3.63, 3.8) is 0 Å². The van der Waals surface area contributed by atoms with Gasteiger partial charge in [0.2, 0.25) is 15.9 Å². The minimum atomic E-state index is -3.63. The molecule has 1 aromatic carbocycles. The van der Waals surface area contributed by atoms with Crippen molar-refractivity contribution in [2.45, 2.75) is 63.4 Å². The minimum absolute atomic E-state index is 0.0357. The van der Waals surface area contributed by atoms with Gasteiger partial charge in [-0.2, -0.15) is 4.31 Å². The molecule has 8 nitrogen and oxygen atoms in total. The van der Waals surface area contributed by atoms with Gasteiger partial charge < -0.3 is 4.90 Å². The Labute approximate surface area is 182 Å². The summed E-state index contributed by atoms with van der Waals surface area (Å²) in [5.74, 6) is 0.496. The Morgan fingerprint density at radius 1 is 1.10 bits per heavy atom. The van der Waals surface area contributed by atoms with Crippen LogP contribution in [0, 0.1) is 5.92 Å².